The van der Waals surface area contributed by atoms with Crippen LogP contribution in [0.2, 0.25) is 0 Å². The van der Waals surface area contributed by atoms with Crippen LogP contribution in [0.1, 0.15) is 5.56 Å². The molecule has 1 aromatic heterocycles. The van der Waals surface area contributed by atoms with Crippen LogP contribution in [-0.2, 0) is 5.75 Å². The summed E-state index contributed by atoms with van der Waals surface area (Å²) in [7, 11) is 3.39. The smallest absolute Gasteiger partial charge is 0.124 e. The molecule has 5 nitrogen and oxygen atoms in total. The average Bonchev–Trinajstić information content (AvgIpc) is 3.33. The van der Waals surface area contributed by atoms with E-state index in [1.807, 2.05) is 53.9 Å². The Kier molecular flexibility index (Phi) is 9.45. The standard InChI is InChI=1S/C27H31N3O2S3/c1-31-21-7-4-19(5-8-21)18-34-15-13-28-23-10-6-20(16-25(23)29-12-14-33-3)27-30-24-11-9-22(32-2)17-26(24)35-27/h4-11,16-17,28-29H,12-15,18H2,1-3H3. The number of nitrogens with one attached hydrogen (secondary N) is 2. The van der Waals surface area contributed by atoms with Crippen molar-refractivity contribution < 1.29 is 9.47 Å². The van der Waals surface area contributed by atoms with E-state index in [0.29, 0.717) is 0 Å². The molecule has 0 amide bonds. The van der Waals surface area contributed by atoms with Crippen LogP contribution in [0.15, 0.2) is 60.7 Å². The Hall–Kier alpha value is -2.55. The van der Waals surface area contributed by atoms with Crippen molar-refractivity contribution in [1.82, 2.24) is 4.98 Å². The van der Waals surface area contributed by atoms with Crippen LogP contribution in [0.5, 0.6) is 11.5 Å². The lowest BCUT2D eigenvalue weighted by atomic mass is 10.1. The number of methoxy groups -OCH3 is 2. The molecule has 3 aromatic carbocycles. The van der Waals surface area contributed by atoms with Crippen LogP contribution < -0.4 is 20.1 Å². The van der Waals surface area contributed by atoms with Crippen molar-refractivity contribution in [3.63, 3.8) is 0 Å². The topological polar surface area (TPSA) is 55.4 Å². The number of rotatable bonds is 13. The minimum absolute atomic E-state index is 0.858. The number of thioether (sulfide) groups is 2. The molecule has 1 heterocycles. The Morgan fingerprint density at radius 3 is 2.34 bits per heavy atom. The van der Waals surface area contributed by atoms with Gasteiger partial charge in [0.25, 0.3) is 0 Å². The van der Waals surface area contributed by atoms with E-state index in [-0.39, 0.29) is 0 Å². The maximum Gasteiger partial charge on any atom is 0.124 e. The van der Waals surface area contributed by atoms with Crippen LogP contribution in [0.25, 0.3) is 20.8 Å². The molecule has 4 rings (SSSR count). The number of nitrogens with zero attached hydrogens (tertiary/aromatic N) is 1. The van der Waals surface area contributed by atoms with Crippen molar-refractivity contribution in [1.29, 1.82) is 0 Å². The predicted molar refractivity (Wildman–Crippen MR) is 156 cm³/mol. The van der Waals surface area contributed by atoms with Crippen molar-refractivity contribution in [2.45, 2.75) is 5.75 Å². The third-order valence-electron chi connectivity index (χ3n) is 5.47. The molecule has 184 valence electrons. The number of hydrogen-bond acceptors (Lipinski definition) is 8. The number of fused-ring (bicyclic) bond motifs is 1. The summed E-state index contributed by atoms with van der Waals surface area (Å²) >= 11 is 5.46. The molecule has 0 atom stereocenters. The van der Waals surface area contributed by atoms with Gasteiger partial charge in [-0.1, -0.05) is 12.1 Å². The predicted octanol–water partition coefficient (Wildman–Crippen LogP) is 7.10. The first-order valence-electron chi connectivity index (χ1n) is 11.5. The van der Waals surface area contributed by atoms with Gasteiger partial charge in [-0.25, -0.2) is 4.98 Å². The lowest BCUT2D eigenvalue weighted by Crippen LogP contribution is -2.10. The molecule has 0 bridgehead atoms. The van der Waals surface area contributed by atoms with Gasteiger partial charge in [0.05, 0.1) is 35.8 Å². The summed E-state index contributed by atoms with van der Waals surface area (Å²) in [6, 6.07) is 20.9. The van der Waals surface area contributed by atoms with Gasteiger partial charge in [-0.2, -0.15) is 23.5 Å². The first-order chi connectivity index (χ1) is 17.2. The van der Waals surface area contributed by atoms with Crippen LogP contribution in [0.4, 0.5) is 11.4 Å². The second kappa shape index (κ2) is 13.0. The third-order valence-corrected chi connectivity index (χ3v) is 8.18. The molecular weight excluding hydrogens is 495 g/mol. The Bertz CT molecular complexity index is 1230. The quantitative estimate of drug-likeness (QED) is 0.181. The van der Waals surface area contributed by atoms with Crippen molar-refractivity contribution >= 4 is 56.5 Å². The Balaban J connectivity index is 1.40. The largest absolute Gasteiger partial charge is 0.497 e. The molecule has 8 heteroatoms. The summed E-state index contributed by atoms with van der Waals surface area (Å²) in [5.74, 6) is 4.83. The number of ether oxygens (including phenoxy) is 2. The minimum Gasteiger partial charge on any atom is -0.497 e. The van der Waals surface area contributed by atoms with E-state index >= 15 is 0 Å². The van der Waals surface area contributed by atoms with Gasteiger partial charge in [0, 0.05) is 35.9 Å². The second-order valence-corrected chi connectivity index (χ2v) is 11.0. The zero-order valence-corrected chi connectivity index (χ0v) is 22.7. The number of thiazole rings is 1. The number of benzene rings is 3. The van der Waals surface area contributed by atoms with Gasteiger partial charge < -0.3 is 20.1 Å². The molecule has 0 spiro atoms. The summed E-state index contributed by atoms with van der Waals surface area (Å²) in [5, 5.41) is 8.25. The highest BCUT2D eigenvalue weighted by Gasteiger charge is 2.11. The average molecular weight is 526 g/mol. The molecule has 0 unspecified atom stereocenters. The molecule has 0 saturated carbocycles. The van der Waals surface area contributed by atoms with Crippen molar-refractivity contribution in [3.05, 3.63) is 66.2 Å². The highest BCUT2D eigenvalue weighted by Crippen LogP contribution is 2.35. The second-order valence-electron chi connectivity index (χ2n) is 7.86. The van der Waals surface area contributed by atoms with Gasteiger partial charge in [-0.15, -0.1) is 11.3 Å². The van der Waals surface area contributed by atoms with E-state index < -0.39 is 0 Å². The number of hydrogen-bond donors (Lipinski definition) is 2. The normalized spacial score (nSPS) is 10.9. The van der Waals surface area contributed by atoms with E-state index in [4.69, 9.17) is 14.5 Å². The van der Waals surface area contributed by atoms with E-state index in [0.717, 1.165) is 74.0 Å². The molecule has 0 saturated heterocycles. The van der Waals surface area contributed by atoms with E-state index in [1.54, 1.807) is 25.6 Å². The van der Waals surface area contributed by atoms with Gasteiger partial charge >= 0.3 is 0 Å². The van der Waals surface area contributed by atoms with Gasteiger partial charge in [0.2, 0.25) is 0 Å². The van der Waals surface area contributed by atoms with Crippen LogP contribution in [0.3, 0.4) is 0 Å². The fourth-order valence-corrected chi connectivity index (χ4v) is 5.71. The molecule has 0 radical (unpaired) electrons. The molecule has 35 heavy (non-hydrogen) atoms. The Morgan fingerprint density at radius 2 is 1.57 bits per heavy atom. The maximum atomic E-state index is 5.37. The zero-order chi connectivity index (χ0) is 24.5. The summed E-state index contributed by atoms with van der Waals surface area (Å²) in [4.78, 5) is 4.85. The van der Waals surface area contributed by atoms with Crippen LogP contribution in [-0.4, -0.2) is 50.1 Å². The number of aromatic nitrogens is 1. The van der Waals surface area contributed by atoms with Gasteiger partial charge in [0.1, 0.15) is 16.5 Å². The Labute approximate surface area is 220 Å². The van der Waals surface area contributed by atoms with Gasteiger partial charge in [-0.3, -0.25) is 0 Å². The fraction of sp³-hybridized carbons (Fsp3) is 0.296. The first-order valence-corrected chi connectivity index (χ1v) is 14.8. The van der Waals surface area contributed by atoms with Crippen molar-refractivity contribution in [2.75, 3.05) is 55.7 Å². The molecule has 0 fully saturated rings. The molecule has 0 aliphatic rings. The molecule has 4 aromatic rings. The SMILES string of the molecule is COc1ccc(CSCCNc2ccc(-c3nc4ccc(OC)cc4s3)cc2NCCSC)cc1. The van der Waals surface area contributed by atoms with Crippen molar-refractivity contribution in [2.24, 2.45) is 0 Å². The van der Waals surface area contributed by atoms with Crippen LogP contribution in [0, 0.1) is 0 Å². The van der Waals surface area contributed by atoms with Gasteiger partial charge in [0.15, 0.2) is 0 Å². The third kappa shape index (κ3) is 6.99. The summed E-state index contributed by atoms with van der Waals surface area (Å²) in [6.45, 7) is 1.82. The van der Waals surface area contributed by atoms with Crippen molar-refractivity contribution in [3.8, 4) is 22.1 Å². The monoisotopic (exact) mass is 525 g/mol. The summed E-state index contributed by atoms with van der Waals surface area (Å²) < 4.78 is 11.7. The molecule has 0 aliphatic carbocycles. The summed E-state index contributed by atoms with van der Waals surface area (Å²) in [5.41, 5.74) is 5.68. The first kappa shape index (κ1) is 25.5. The lowest BCUT2D eigenvalue weighted by molar-refractivity contribution is 0.414. The highest BCUT2D eigenvalue weighted by molar-refractivity contribution is 7.98. The van der Waals surface area contributed by atoms with Gasteiger partial charge in [-0.05, 0) is 60.4 Å². The minimum atomic E-state index is 0.858. The fourth-order valence-electron chi connectivity index (χ4n) is 3.59. The van der Waals surface area contributed by atoms with E-state index in [1.165, 1.54) is 5.56 Å². The number of anilines is 2. The Morgan fingerprint density at radius 1 is 0.829 bits per heavy atom. The van der Waals surface area contributed by atoms with E-state index in [2.05, 4.69) is 47.2 Å². The van der Waals surface area contributed by atoms with E-state index in [9.17, 15) is 0 Å². The maximum absolute atomic E-state index is 5.37. The lowest BCUT2D eigenvalue weighted by Gasteiger charge is -2.15. The highest BCUT2D eigenvalue weighted by atomic mass is 32.2. The zero-order valence-electron chi connectivity index (χ0n) is 20.3. The molecule has 0 aliphatic heterocycles. The summed E-state index contributed by atoms with van der Waals surface area (Å²) in [6.07, 6.45) is 2.13. The molecule has 2 N–H and O–H groups in total. The van der Waals surface area contributed by atoms with Crippen LogP contribution >= 0.6 is 34.9 Å². The molecular formula is C27H31N3O2S3.